The molecule has 2 aromatic carbocycles. The van der Waals surface area contributed by atoms with Crippen LogP contribution in [0.5, 0.6) is 0 Å². The van der Waals surface area contributed by atoms with E-state index in [-0.39, 0.29) is 11.0 Å². The summed E-state index contributed by atoms with van der Waals surface area (Å²) in [6.45, 7) is -0.867. The number of amides is 1. The smallest absolute Gasteiger partial charge is 0.374 e. The largest absolute Gasteiger partial charge is 0.450 e. The number of nitrogens with one attached hydrogen (secondary N) is 1. The van der Waals surface area contributed by atoms with Crippen molar-refractivity contribution in [3.05, 3.63) is 75.9 Å². The number of halogens is 3. The highest BCUT2D eigenvalue weighted by Gasteiger charge is 2.18. The third-order valence-electron chi connectivity index (χ3n) is 3.48. The van der Waals surface area contributed by atoms with Crippen LogP contribution in [0.15, 0.2) is 51.7 Å². The molecule has 1 heterocycles. The van der Waals surface area contributed by atoms with Gasteiger partial charge in [0.1, 0.15) is 5.58 Å². The number of carbonyl (C=O) groups is 2. The minimum Gasteiger partial charge on any atom is -0.450 e. The van der Waals surface area contributed by atoms with Crippen molar-refractivity contribution in [3.63, 3.8) is 0 Å². The van der Waals surface area contributed by atoms with Gasteiger partial charge in [0.2, 0.25) is 5.76 Å². The summed E-state index contributed by atoms with van der Waals surface area (Å²) in [5.41, 5.74) is -0.936. The normalized spacial score (nSPS) is 10.6. The summed E-state index contributed by atoms with van der Waals surface area (Å²) in [5, 5.41) is 2.20. The van der Waals surface area contributed by atoms with Crippen molar-refractivity contribution in [2.45, 2.75) is 0 Å². The van der Waals surface area contributed by atoms with E-state index in [2.05, 4.69) is 4.74 Å². The van der Waals surface area contributed by atoms with Crippen LogP contribution in [0.2, 0.25) is 0 Å². The van der Waals surface area contributed by atoms with Gasteiger partial charge in [-0.1, -0.05) is 12.1 Å². The van der Waals surface area contributed by atoms with Gasteiger partial charge in [0.15, 0.2) is 29.5 Å². The van der Waals surface area contributed by atoms with Crippen LogP contribution in [0.3, 0.4) is 0 Å². The zero-order valence-electron chi connectivity index (χ0n) is 13.4. The Labute approximate surface area is 149 Å². The SMILES string of the molecule is O=C(COC(=O)c1cc(=O)c2ccccc2o1)Nc1ccc(F)c(F)c1F. The molecule has 3 aromatic rings. The van der Waals surface area contributed by atoms with Gasteiger partial charge in [0, 0.05) is 6.07 Å². The molecule has 27 heavy (non-hydrogen) atoms. The minimum absolute atomic E-state index is 0.158. The van der Waals surface area contributed by atoms with E-state index in [0.717, 1.165) is 12.1 Å². The first-order chi connectivity index (χ1) is 12.9. The Kier molecular flexibility index (Phi) is 4.93. The first-order valence-corrected chi connectivity index (χ1v) is 7.50. The van der Waals surface area contributed by atoms with Gasteiger partial charge >= 0.3 is 5.97 Å². The van der Waals surface area contributed by atoms with Crippen LogP contribution in [0.1, 0.15) is 10.6 Å². The molecule has 0 fully saturated rings. The maximum Gasteiger partial charge on any atom is 0.374 e. The summed E-state index contributed by atoms with van der Waals surface area (Å²) in [6.07, 6.45) is 0. The van der Waals surface area contributed by atoms with E-state index < -0.39 is 52.8 Å². The first-order valence-electron chi connectivity index (χ1n) is 7.50. The van der Waals surface area contributed by atoms with E-state index in [1.165, 1.54) is 12.1 Å². The predicted molar refractivity (Wildman–Crippen MR) is 87.7 cm³/mol. The quantitative estimate of drug-likeness (QED) is 0.558. The van der Waals surface area contributed by atoms with Crippen LogP contribution in [-0.4, -0.2) is 18.5 Å². The fourth-order valence-corrected chi connectivity index (χ4v) is 2.22. The highest BCUT2D eigenvalue weighted by atomic mass is 19.2. The Morgan fingerprint density at radius 1 is 1.04 bits per heavy atom. The third-order valence-corrected chi connectivity index (χ3v) is 3.48. The average Bonchev–Trinajstić information content (AvgIpc) is 2.66. The van der Waals surface area contributed by atoms with Gasteiger partial charge in [-0.3, -0.25) is 9.59 Å². The Bertz CT molecular complexity index is 1110. The fourth-order valence-electron chi connectivity index (χ4n) is 2.22. The summed E-state index contributed by atoms with van der Waals surface area (Å²) >= 11 is 0. The molecule has 0 unspecified atom stereocenters. The van der Waals surface area contributed by atoms with E-state index >= 15 is 0 Å². The molecule has 0 saturated heterocycles. The number of para-hydroxylation sites is 1. The highest BCUT2D eigenvalue weighted by molar-refractivity contribution is 5.95. The second-order valence-corrected chi connectivity index (χ2v) is 5.32. The topological polar surface area (TPSA) is 85.6 Å². The number of hydrogen-bond acceptors (Lipinski definition) is 5. The molecule has 0 atom stereocenters. The van der Waals surface area contributed by atoms with E-state index in [4.69, 9.17) is 4.42 Å². The molecule has 0 saturated carbocycles. The molecule has 1 N–H and O–H groups in total. The Morgan fingerprint density at radius 3 is 2.56 bits per heavy atom. The number of anilines is 1. The number of carbonyl (C=O) groups excluding carboxylic acids is 2. The summed E-state index contributed by atoms with van der Waals surface area (Å²) in [4.78, 5) is 35.6. The molecule has 6 nitrogen and oxygen atoms in total. The molecule has 9 heteroatoms. The van der Waals surface area contributed by atoms with Gasteiger partial charge in [0.25, 0.3) is 5.91 Å². The number of fused-ring (bicyclic) bond motifs is 1. The number of ether oxygens (including phenoxy) is 1. The lowest BCUT2D eigenvalue weighted by atomic mass is 10.2. The van der Waals surface area contributed by atoms with Crippen molar-refractivity contribution in [1.29, 1.82) is 0 Å². The number of esters is 1. The van der Waals surface area contributed by atoms with Crippen LogP contribution in [0.4, 0.5) is 18.9 Å². The second kappa shape index (κ2) is 7.32. The van der Waals surface area contributed by atoms with Crippen molar-refractivity contribution >= 4 is 28.5 Å². The van der Waals surface area contributed by atoms with Gasteiger partial charge in [-0.15, -0.1) is 0 Å². The van der Waals surface area contributed by atoms with Crippen LogP contribution in [-0.2, 0) is 9.53 Å². The Hall–Kier alpha value is -3.62. The molecule has 1 aromatic heterocycles. The second-order valence-electron chi connectivity index (χ2n) is 5.32. The first kappa shape index (κ1) is 18.2. The van der Waals surface area contributed by atoms with Crippen LogP contribution in [0.25, 0.3) is 11.0 Å². The lowest BCUT2D eigenvalue weighted by Crippen LogP contribution is -2.22. The van der Waals surface area contributed by atoms with Crippen molar-refractivity contribution in [3.8, 4) is 0 Å². The molecule has 3 rings (SSSR count). The summed E-state index contributed by atoms with van der Waals surface area (Å²) in [6, 6.07) is 8.58. The molecule has 0 aliphatic rings. The van der Waals surface area contributed by atoms with Gasteiger partial charge in [-0.25, -0.2) is 18.0 Å². The van der Waals surface area contributed by atoms with Gasteiger partial charge in [-0.05, 0) is 24.3 Å². The third kappa shape index (κ3) is 3.81. The maximum absolute atomic E-state index is 13.5. The molecule has 0 spiro atoms. The molecule has 0 aliphatic heterocycles. The molecule has 1 amide bonds. The van der Waals surface area contributed by atoms with Crippen molar-refractivity contribution in [2.24, 2.45) is 0 Å². The fraction of sp³-hybridized carbons (Fsp3) is 0.0556. The zero-order valence-corrected chi connectivity index (χ0v) is 13.4. The molecular formula is C18H10F3NO5. The lowest BCUT2D eigenvalue weighted by Gasteiger charge is -2.08. The Balaban J connectivity index is 1.68. The predicted octanol–water partition coefficient (Wildman–Crippen LogP) is 3.01. The van der Waals surface area contributed by atoms with E-state index in [1.54, 1.807) is 12.1 Å². The van der Waals surface area contributed by atoms with Gasteiger partial charge in [-0.2, -0.15) is 0 Å². The highest BCUT2D eigenvalue weighted by Crippen LogP contribution is 2.19. The monoisotopic (exact) mass is 377 g/mol. The lowest BCUT2D eigenvalue weighted by molar-refractivity contribution is -0.119. The summed E-state index contributed by atoms with van der Waals surface area (Å²) < 4.78 is 49.4. The Morgan fingerprint density at radius 2 is 1.78 bits per heavy atom. The number of rotatable bonds is 4. The zero-order chi connectivity index (χ0) is 19.6. The number of hydrogen-bond donors (Lipinski definition) is 1. The average molecular weight is 377 g/mol. The molecule has 0 radical (unpaired) electrons. The molecule has 0 aliphatic carbocycles. The summed E-state index contributed by atoms with van der Waals surface area (Å²) in [5.74, 6) is -7.28. The number of benzene rings is 2. The minimum atomic E-state index is -1.75. The van der Waals surface area contributed by atoms with Crippen LogP contribution in [0, 0.1) is 17.5 Å². The van der Waals surface area contributed by atoms with E-state index in [1.807, 2.05) is 5.32 Å². The van der Waals surface area contributed by atoms with Gasteiger partial charge in [0.05, 0.1) is 11.1 Å². The molecular weight excluding hydrogens is 367 g/mol. The van der Waals surface area contributed by atoms with E-state index in [0.29, 0.717) is 6.07 Å². The van der Waals surface area contributed by atoms with Crippen LogP contribution < -0.4 is 10.7 Å². The van der Waals surface area contributed by atoms with Crippen molar-refractivity contribution < 1.29 is 31.9 Å². The molecule has 138 valence electrons. The summed E-state index contributed by atoms with van der Waals surface area (Å²) in [7, 11) is 0. The van der Waals surface area contributed by atoms with Crippen molar-refractivity contribution in [2.75, 3.05) is 11.9 Å². The van der Waals surface area contributed by atoms with E-state index in [9.17, 15) is 27.6 Å². The van der Waals surface area contributed by atoms with Gasteiger partial charge < -0.3 is 14.5 Å². The standard InChI is InChI=1S/C18H10F3NO5/c19-10-5-6-11(17(21)16(10)20)22-15(24)8-26-18(25)14-7-12(23)9-3-1-2-4-13(9)27-14/h1-7H,8H2,(H,22,24). The van der Waals surface area contributed by atoms with Crippen LogP contribution >= 0.6 is 0 Å². The van der Waals surface area contributed by atoms with Crippen molar-refractivity contribution in [1.82, 2.24) is 0 Å². The maximum atomic E-state index is 13.5. The molecule has 0 bridgehead atoms.